The molecular formula is C25H32N4O2. The molecule has 0 saturated carbocycles. The van der Waals surface area contributed by atoms with E-state index in [-0.39, 0.29) is 18.4 Å². The molecule has 0 radical (unpaired) electrons. The van der Waals surface area contributed by atoms with E-state index in [1.165, 1.54) is 11.6 Å². The third-order valence-corrected chi connectivity index (χ3v) is 5.55. The summed E-state index contributed by atoms with van der Waals surface area (Å²) in [5, 5.41) is 5.55. The minimum absolute atomic E-state index is 0.0426. The molecule has 31 heavy (non-hydrogen) atoms. The number of benzene rings is 2. The Kier molecular flexibility index (Phi) is 8.82. The molecule has 6 heteroatoms. The first-order chi connectivity index (χ1) is 15.1. The molecule has 1 aliphatic heterocycles. The molecule has 3 rings (SSSR count). The van der Waals surface area contributed by atoms with Gasteiger partial charge in [-0.05, 0) is 29.3 Å². The van der Waals surface area contributed by atoms with Crippen molar-refractivity contribution < 1.29 is 9.59 Å². The summed E-state index contributed by atoms with van der Waals surface area (Å²) in [6.07, 6.45) is 3.17. The summed E-state index contributed by atoms with van der Waals surface area (Å²) in [6.45, 7) is 8.96. The highest BCUT2D eigenvalue weighted by atomic mass is 16.2. The molecular weight excluding hydrogens is 388 g/mol. The van der Waals surface area contributed by atoms with Crippen molar-refractivity contribution in [1.82, 2.24) is 20.4 Å². The van der Waals surface area contributed by atoms with Gasteiger partial charge in [0, 0.05) is 45.3 Å². The van der Waals surface area contributed by atoms with E-state index in [4.69, 9.17) is 0 Å². The van der Waals surface area contributed by atoms with Gasteiger partial charge in [-0.15, -0.1) is 0 Å². The first-order valence-electron chi connectivity index (χ1n) is 10.9. The van der Waals surface area contributed by atoms with Gasteiger partial charge in [-0.1, -0.05) is 61.5 Å². The predicted octanol–water partition coefficient (Wildman–Crippen LogP) is 2.27. The summed E-state index contributed by atoms with van der Waals surface area (Å²) >= 11 is 0. The average Bonchev–Trinajstić information content (AvgIpc) is 2.82. The molecule has 1 saturated heterocycles. The van der Waals surface area contributed by atoms with Gasteiger partial charge in [0.05, 0.1) is 6.54 Å². The molecule has 0 bridgehead atoms. The van der Waals surface area contributed by atoms with Crippen molar-refractivity contribution >= 4 is 17.9 Å². The van der Waals surface area contributed by atoms with Crippen LogP contribution in [-0.4, -0.2) is 60.9 Å². The summed E-state index contributed by atoms with van der Waals surface area (Å²) in [5.74, 6) is -0.488. The van der Waals surface area contributed by atoms with Crippen molar-refractivity contribution in [3.8, 4) is 0 Å². The molecule has 2 amide bonds. The number of carbonyl (C=O) groups is 2. The normalized spacial score (nSPS) is 15.1. The molecule has 2 aromatic carbocycles. The number of piperazine rings is 1. The lowest BCUT2D eigenvalue weighted by Gasteiger charge is -2.34. The predicted molar refractivity (Wildman–Crippen MR) is 124 cm³/mol. The van der Waals surface area contributed by atoms with Gasteiger partial charge < -0.3 is 15.5 Å². The maximum atomic E-state index is 12.2. The number of rotatable bonds is 9. The van der Waals surface area contributed by atoms with Crippen LogP contribution in [0.5, 0.6) is 0 Å². The van der Waals surface area contributed by atoms with E-state index >= 15 is 0 Å². The van der Waals surface area contributed by atoms with Crippen LogP contribution < -0.4 is 10.6 Å². The third-order valence-electron chi connectivity index (χ3n) is 5.55. The quantitative estimate of drug-likeness (QED) is 0.611. The van der Waals surface area contributed by atoms with Gasteiger partial charge in [0.1, 0.15) is 0 Å². The SMILES string of the molecule is CCN1CCN(Cc2ccccc2CNC(=O)CNC(=O)/C=C/c2ccccc2)CC1. The van der Waals surface area contributed by atoms with E-state index in [2.05, 4.69) is 39.5 Å². The van der Waals surface area contributed by atoms with Gasteiger partial charge in [-0.25, -0.2) is 0 Å². The molecule has 0 aromatic heterocycles. The van der Waals surface area contributed by atoms with Gasteiger partial charge in [0.25, 0.3) is 0 Å². The van der Waals surface area contributed by atoms with E-state index < -0.39 is 0 Å². The minimum atomic E-state index is -0.286. The lowest BCUT2D eigenvalue weighted by Crippen LogP contribution is -2.45. The number of likely N-dealkylation sites (N-methyl/N-ethyl adjacent to an activating group) is 1. The van der Waals surface area contributed by atoms with Crippen LogP contribution in [0.3, 0.4) is 0 Å². The van der Waals surface area contributed by atoms with Crippen molar-refractivity contribution in [3.05, 3.63) is 77.4 Å². The second-order valence-corrected chi connectivity index (χ2v) is 7.72. The zero-order chi connectivity index (χ0) is 21.9. The molecule has 0 aliphatic carbocycles. The number of amides is 2. The number of carbonyl (C=O) groups excluding carboxylic acids is 2. The second kappa shape index (κ2) is 12.0. The highest BCUT2D eigenvalue weighted by Crippen LogP contribution is 2.13. The highest BCUT2D eigenvalue weighted by molar-refractivity contribution is 5.94. The molecule has 1 heterocycles. The highest BCUT2D eigenvalue weighted by Gasteiger charge is 2.16. The standard InChI is InChI=1S/C25H32N4O2/c1-2-28-14-16-29(17-15-28)20-23-11-7-6-10-22(23)18-26-25(31)19-27-24(30)13-12-21-8-4-3-5-9-21/h3-13H,2,14-20H2,1H3,(H,26,31)(H,27,30)/b13-12+. The average molecular weight is 421 g/mol. The smallest absolute Gasteiger partial charge is 0.244 e. The first kappa shape index (κ1) is 22.7. The fourth-order valence-corrected chi connectivity index (χ4v) is 3.61. The molecule has 2 N–H and O–H groups in total. The van der Waals surface area contributed by atoms with Crippen LogP contribution in [0.15, 0.2) is 60.7 Å². The van der Waals surface area contributed by atoms with Crippen molar-refractivity contribution in [2.75, 3.05) is 39.3 Å². The topological polar surface area (TPSA) is 64.7 Å². The van der Waals surface area contributed by atoms with Crippen LogP contribution >= 0.6 is 0 Å². The lowest BCUT2D eigenvalue weighted by molar-refractivity contribution is -0.124. The number of nitrogens with zero attached hydrogens (tertiary/aromatic N) is 2. The monoisotopic (exact) mass is 420 g/mol. The number of hydrogen-bond donors (Lipinski definition) is 2. The van der Waals surface area contributed by atoms with Gasteiger partial charge in [-0.3, -0.25) is 14.5 Å². The van der Waals surface area contributed by atoms with Gasteiger partial charge in [-0.2, -0.15) is 0 Å². The molecule has 1 aliphatic rings. The Morgan fingerprint density at radius 2 is 1.52 bits per heavy atom. The summed E-state index contributed by atoms with van der Waals surface area (Å²) < 4.78 is 0. The molecule has 164 valence electrons. The Labute approximate surface area is 184 Å². The number of nitrogens with one attached hydrogen (secondary N) is 2. The zero-order valence-electron chi connectivity index (χ0n) is 18.2. The summed E-state index contributed by atoms with van der Waals surface area (Å²) in [6, 6.07) is 17.8. The maximum Gasteiger partial charge on any atom is 0.244 e. The Balaban J connectivity index is 1.43. The van der Waals surface area contributed by atoms with Crippen LogP contribution in [0.4, 0.5) is 0 Å². The fourth-order valence-electron chi connectivity index (χ4n) is 3.61. The van der Waals surface area contributed by atoms with Crippen molar-refractivity contribution in [3.63, 3.8) is 0 Å². The van der Waals surface area contributed by atoms with Crippen LogP contribution in [0, 0.1) is 0 Å². The van der Waals surface area contributed by atoms with Crippen molar-refractivity contribution in [2.24, 2.45) is 0 Å². The largest absolute Gasteiger partial charge is 0.350 e. The van der Waals surface area contributed by atoms with Gasteiger partial charge >= 0.3 is 0 Å². The van der Waals surface area contributed by atoms with E-state index in [0.717, 1.165) is 50.4 Å². The van der Waals surface area contributed by atoms with Crippen LogP contribution in [0.25, 0.3) is 6.08 Å². The van der Waals surface area contributed by atoms with E-state index in [9.17, 15) is 9.59 Å². The molecule has 6 nitrogen and oxygen atoms in total. The number of hydrogen-bond acceptors (Lipinski definition) is 4. The molecule has 2 aromatic rings. The summed E-state index contributed by atoms with van der Waals surface area (Å²) in [5.41, 5.74) is 3.29. The lowest BCUT2D eigenvalue weighted by atomic mass is 10.1. The van der Waals surface area contributed by atoms with Crippen LogP contribution in [0.2, 0.25) is 0 Å². The van der Waals surface area contributed by atoms with Crippen LogP contribution in [-0.2, 0) is 22.7 Å². The van der Waals surface area contributed by atoms with Gasteiger partial charge in [0.2, 0.25) is 11.8 Å². The zero-order valence-corrected chi connectivity index (χ0v) is 18.2. The fraction of sp³-hybridized carbons (Fsp3) is 0.360. The van der Waals surface area contributed by atoms with Gasteiger partial charge in [0.15, 0.2) is 0 Å². The maximum absolute atomic E-state index is 12.2. The van der Waals surface area contributed by atoms with Crippen LogP contribution in [0.1, 0.15) is 23.6 Å². The Bertz CT molecular complexity index is 874. The van der Waals surface area contributed by atoms with Crippen molar-refractivity contribution in [2.45, 2.75) is 20.0 Å². The van der Waals surface area contributed by atoms with E-state index in [0.29, 0.717) is 6.54 Å². The minimum Gasteiger partial charge on any atom is -0.350 e. The van der Waals surface area contributed by atoms with E-state index in [1.54, 1.807) is 6.08 Å². The molecule has 1 fully saturated rings. The summed E-state index contributed by atoms with van der Waals surface area (Å²) in [4.78, 5) is 29.1. The van der Waals surface area contributed by atoms with E-state index in [1.807, 2.05) is 42.5 Å². The van der Waals surface area contributed by atoms with Crippen molar-refractivity contribution in [1.29, 1.82) is 0 Å². The Hall–Kier alpha value is -2.96. The molecule has 0 unspecified atom stereocenters. The molecule has 0 atom stereocenters. The first-order valence-corrected chi connectivity index (χ1v) is 10.9. The second-order valence-electron chi connectivity index (χ2n) is 7.72. The summed E-state index contributed by atoms with van der Waals surface area (Å²) in [7, 11) is 0. The Morgan fingerprint density at radius 3 is 2.23 bits per heavy atom. The molecule has 0 spiro atoms. The third kappa shape index (κ3) is 7.66. The Morgan fingerprint density at radius 1 is 0.871 bits per heavy atom.